The van der Waals surface area contributed by atoms with Gasteiger partial charge in [-0.2, -0.15) is 10.2 Å². The van der Waals surface area contributed by atoms with Crippen molar-refractivity contribution in [1.29, 1.82) is 0 Å². The molecule has 2 aromatic rings. The Bertz CT molecular complexity index is 594. The standard InChI is InChI=1S/C15H24N4O2/c1-6-19-15(14(21-5)9-16-19)13(20)8-7-12-10(2)17-18(4)11(12)3/h9,13,20H,6-8H2,1-5H3. The first-order valence-electron chi connectivity index (χ1n) is 7.26. The lowest BCUT2D eigenvalue weighted by Crippen LogP contribution is -2.10. The second kappa shape index (κ2) is 6.30. The van der Waals surface area contributed by atoms with E-state index in [1.54, 1.807) is 18.0 Å². The zero-order valence-corrected chi connectivity index (χ0v) is 13.4. The first kappa shape index (κ1) is 15.6. The molecule has 0 radical (unpaired) electrons. The van der Waals surface area contributed by atoms with Crippen molar-refractivity contribution >= 4 is 0 Å². The number of aliphatic hydroxyl groups excluding tert-OH is 1. The van der Waals surface area contributed by atoms with E-state index >= 15 is 0 Å². The van der Waals surface area contributed by atoms with Crippen molar-refractivity contribution in [3.63, 3.8) is 0 Å². The smallest absolute Gasteiger partial charge is 0.162 e. The van der Waals surface area contributed by atoms with Gasteiger partial charge in [0, 0.05) is 19.3 Å². The minimum absolute atomic E-state index is 0.596. The molecule has 0 saturated carbocycles. The molecule has 0 bridgehead atoms. The molecule has 2 heterocycles. The van der Waals surface area contributed by atoms with Crippen LogP contribution in [0, 0.1) is 13.8 Å². The highest BCUT2D eigenvalue weighted by Gasteiger charge is 2.20. The van der Waals surface area contributed by atoms with Crippen molar-refractivity contribution in [2.24, 2.45) is 7.05 Å². The molecule has 0 fully saturated rings. The number of methoxy groups -OCH3 is 1. The fourth-order valence-corrected chi connectivity index (χ4v) is 2.72. The molecule has 2 aromatic heterocycles. The van der Waals surface area contributed by atoms with Crippen molar-refractivity contribution in [3.05, 3.63) is 28.8 Å². The third kappa shape index (κ3) is 2.95. The molecule has 21 heavy (non-hydrogen) atoms. The largest absolute Gasteiger partial charge is 0.493 e. The Kier molecular flexibility index (Phi) is 4.67. The van der Waals surface area contributed by atoms with Crippen molar-refractivity contribution in [2.45, 2.75) is 46.3 Å². The summed E-state index contributed by atoms with van der Waals surface area (Å²) >= 11 is 0. The molecular formula is C15H24N4O2. The van der Waals surface area contributed by atoms with E-state index < -0.39 is 6.10 Å². The molecule has 1 atom stereocenters. The van der Waals surface area contributed by atoms with Gasteiger partial charge in [-0.1, -0.05) is 0 Å². The number of aryl methyl sites for hydroxylation is 3. The van der Waals surface area contributed by atoms with Gasteiger partial charge >= 0.3 is 0 Å². The summed E-state index contributed by atoms with van der Waals surface area (Å²) in [7, 11) is 3.54. The molecule has 0 aromatic carbocycles. The Labute approximate surface area is 125 Å². The topological polar surface area (TPSA) is 65.1 Å². The summed E-state index contributed by atoms with van der Waals surface area (Å²) in [6.07, 6.45) is 2.46. The van der Waals surface area contributed by atoms with Crippen LogP contribution in [0.4, 0.5) is 0 Å². The molecule has 0 aliphatic carbocycles. The molecule has 0 saturated heterocycles. The Morgan fingerprint density at radius 2 is 2.10 bits per heavy atom. The fourth-order valence-electron chi connectivity index (χ4n) is 2.72. The minimum atomic E-state index is -0.596. The van der Waals surface area contributed by atoms with Crippen LogP contribution in [0.2, 0.25) is 0 Å². The summed E-state index contributed by atoms with van der Waals surface area (Å²) in [6.45, 7) is 6.77. The Morgan fingerprint density at radius 3 is 2.62 bits per heavy atom. The van der Waals surface area contributed by atoms with E-state index in [1.165, 1.54) is 5.56 Å². The highest BCUT2D eigenvalue weighted by Crippen LogP contribution is 2.28. The predicted molar refractivity (Wildman–Crippen MR) is 80.4 cm³/mol. The van der Waals surface area contributed by atoms with Crippen molar-refractivity contribution in [3.8, 4) is 5.75 Å². The Hall–Kier alpha value is -1.82. The van der Waals surface area contributed by atoms with Gasteiger partial charge in [-0.25, -0.2) is 0 Å². The number of rotatable bonds is 6. The van der Waals surface area contributed by atoms with E-state index in [9.17, 15) is 5.11 Å². The average Bonchev–Trinajstić information content (AvgIpc) is 2.98. The van der Waals surface area contributed by atoms with Gasteiger partial charge in [0.25, 0.3) is 0 Å². The third-order valence-electron chi connectivity index (χ3n) is 4.01. The molecule has 6 heteroatoms. The van der Waals surface area contributed by atoms with E-state index in [0.29, 0.717) is 18.7 Å². The number of hydrogen-bond acceptors (Lipinski definition) is 4. The minimum Gasteiger partial charge on any atom is -0.493 e. The van der Waals surface area contributed by atoms with Crippen LogP contribution in [0.1, 0.15) is 42.1 Å². The van der Waals surface area contributed by atoms with Crippen LogP contribution >= 0.6 is 0 Å². The molecule has 1 N–H and O–H groups in total. The average molecular weight is 292 g/mol. The van der Waals surface area contributed by atoms with Gasteiger partial charge in [0.15, 0.2) is 5.75 Å². The molecule has 0 aliphatic rings. The van der Waals surface area contributed by atoms with Gasteiger partial charge < -0.3 is 9.84 Å². The first-order valence-corrected chi connectivity index (χ1v) is 7.26. The van der Waals surface area contributed by atoms with E-state index in [-0.39, 0.29) is 0 Å². The van der Waals surface area contributed by atoms with Gasteiger partial charge in [-0.3, -0.25) is 9.36 Å². The lowest BCUT2D eigenvalue weighted by Gasteiger charge is -2.14. The van der Waals surface area contributed by atoms with E-state index in [4.69, 9.17) is 4.74 Å². The van der Waals surface area contributed by atoms with Crippen LogP contribution in [0.25, 0.3) is 0 Å². The Balaban J connectivity index is 2.15. The lowest BCUT2D eigenvalue weighted by molar-refractivity contribution is 0.152. The van der Waals surface area contributed by atoms with Crippen LogP contribution in [-0.2, 0) is 20.0 Å². The van der Waals surface area contributed by atoms with E-state index in [1.807, 2.05) is 25.6 Å². The zero-order valence-electron chi connectivity index (χ0n) is 13.4. The van der Waals surface area contributed by atoms with Crippen LogP contribution in [0.3, 0.4) is 0 Å². The van der Waals surface area contributed by atoms with Crippen LogP contribution in [0.15, 0.2) is 6.20 Å². The van der Waals surface area contributed by atoms with Gasteiger partial charge in [0.1, 0.15) is 5.69 Å². The number of hydrogen-bond donors (Lipinski definition) is 1. The fraction of sp³-hybridized carbons (Fsp3) is 0.600. The normalized spacial score (nSPS) is 12.7. The number of ether oxygens (including phenoxy) is 1. The van der Waals surface area contributed by atoms with Crippen LogP contribution < -0.4 is 4.74 Å². The summed E-state index contributed by atoms with van der Waals surface area (Å²) in [5.74, 6) is 0.643. The number of aromatic nitrogens is 4. The zero-order chi connectivity index (χ0) is 15.6. The molecule has 1 unspecified atom stereocenters. The SMILES string of the molecule is CCn1ncc(OC)c1C(O)CCc1c(C)nn(C)c1C. The molecule has 2 rings (SSSR count). The summed E-state index contributed by atoms with van der Waals surface area (Å²) < 4.78 is 8.96. The maximum atomic E-state index is 10.5. The van der Waals surface area contributed by atoms with Crippen LogP contribution in [-0.4, -0.2) is 31.8 Å². The summed E-state index contributed by atoms with van der Waals surface area (Å²) in [6, 6.07) is 0. The highest BCUT2D eigenvalue weighted by atomic mass is 16.5. The van der Waals surface area contributed by atoms with Crippen molar-refractivity contribution < 1.29 is 9.84 Å². The maximum absolute atomic E-state index is 10.5. The van der Waals surface area contributed by atoms with Gasteiger partial charge in [-0.15, -0.1) is 0 Å². The van der Waals surface area contributed by atoms with Gasteiger partial charge in [0.05, 0.1) is 25.1 Å². The molecule has 6 nitrogen and oxygen atoms in total. The maximum Gasteiger partial charge on any atom is 0.162 e. The van der Waals surface area contributed by atoms with E-state index in [2.05, 4.69) is 17.1 Å². The lowest BCUT2D eigenvalue weighted by atomic mass is 10.0. The van der Waals surface area contributed by atoms with Gasteiger partial charge in [0.2, 0.25) is 0 Å². The van der Waals surface area contributed by atoms with Gasteiger partial charge in [-0.05, 0) is 39.2 Å². The summed E-state index contributed by atoms with van der Waals surface area (Å²) in [5, 5.41) is 19.2. The first-order chi connectivity index (χ1) is 9.99. The monoisotopic (exact) mass is 292 g/mol. The second-order valence-electron chi connectivity index (χ2n) is 5.24. The summed E-state index contributed by atoms with van der Waals surface area (Å²) in [5.41, 5.74) is 4.13. The quantitative estimate of drug-likeness (QED) is 0.883. The molecule has 0 aliphatic heterocycles. The van der Waals surface area contributed by atoms with Crippen molar-refractivity contribution in [2.75, 3.05) is 7.11 Å². The van der Waals surface area contributed by atoms with E-state index in [0.717, 1.165) is 23.5 Å². The number of aliphatic hydroxyl groups is 1. The molecular weight excluding hydrogens is 268 g/mol. The Morgan fingerprint density at radius 1 is 1.38 bits per heavy atom. The number of nitrogens with zero attached hydrogens (tertiary/aromatic N) is 4. The molecule has 0 spiro atoms. The molecule has 116 valence electrons. The highest BCUT2D eigenvalue weighted by molar-refractivity contribution is 5.28. The third-order valence-corrected chi connectivity index (χ3v) is 4.01. The predicted octanol–water partition coefficient (Wildman–Crippen LogP) is 1.93. The van der Waals surface area contributed by atoms with Crippen LogP contribution in [0.5, 0.6) is 5.75 Å². The second-order valence-corrected chi connectivity index (χ2v) is 5.24. The summed E-state index contributed by atoms with van der Waals surface area (Å²) in [4.78, 5) is 0. The van der Waals surface area contributed by atoms with Crippen molar-refractivity contribution in [1.82, 2.24) is 19.6 Å². The molecule has 0 amide bonds.